The Morgan fingerprint density at radius 1 is 1.05 bits per heavy atom. The molecule has 1 aliphatic carbocycles. The van der Waals surface area contributed by atoms with Crippen molar-refractivity contribution < 1.29 is 28.6 Å². The van der Waals surface area contributed by atoms with Gasteiger partial charge in [-0.2, -0.15) is 0 Å². The number of allylic oxidation sites excluding steroid dienone is 2. The lowest BCUT2D eigenvalue weighted by Crippen LogP contribution is -2.33. The number of rotatable bonds is 8. The molecule has 4 aromatic rings. The van der Waals surface area contributed by atoms with Crippen LogP contribution in [0, 0.1) is 5.41 Å². The molecule has 1 atom stereocenters. The molecule has 0 saturated heterocycles. The molecule has 0 spiro atoms. The summed E-state index contributed by atoms with van der Waals surface area (Å²) in [7, 11) is 4.79. The first-order chi connectivity index (χ1) is 20.3. The van der Waals surface area contributed by atoms with Gasteiger partial charge in [-0.3, -0.25) is 4.79 Å². The fourth-order valence-electron chi connectivity index (χ4n) is 5.50. The molecule has 3 heterocycles. The van der Waals surface area contributed by atoms with Gasteiger partial charge in [0.25, 0.3) is 0 Å². The van der Waals surface area contributed by atoms with E-state index in [-0.39, 0.29) is 17.8 Å². The number of nitrogens with zero attached hydrogens (tertiary/aromatic N) is 5. The topological polar surface area (TPSA) is 119 Å². The number of benzene rings is 2. The molecule has 42 heavy (non-hydrogen) atoms. The number of carbonyl (C=O) groups excluding carboxylic acids is 1. The average molecular weight is 570 g/mol. The SMILES string of the molecule is COc1ccc(/C=N\OCc2nc3c4c(ncn3n2)OC2=C(C(=O)CC(C)(C)C2)[C@@H]4c2ccc(OC)c(OC)c2)cc1. The molecule has 11 nitrogen and oxygen atoms in total. The maximum atomic E-state index is 13.7. The highest BCUT2D eigenvalue weighted by Crippen LogP contribution is 2.51. The van der Waals surface area contributed by atoms with Crippen LogP contribution in [-0.2, 0) is 16.2 Å². The number of hydrogen-bond acceptors (Lipinski definition) is 10. The molecular formula is C31H31N5O6. The van der Waals surface area contributed by atoms with Gasteiger partial charge in [0, 0.05) is 18.4 Å². The van der Waals surface area contributed by atoms with Crippen molar-refractivity contribution in [3.05, 3.63) is 82.6 Å². The number of methoxy groups -OCH3 is 3. The summed E-state index contributed by atoms with van der Waals surface area (Å²) in [5.41, 5.74) is 3.23. The Hall–Kier alpha value is -4.93. The molecule has 0 amide bonds. The molecule has 0 saturated carbocycles. The van der Waals surface area contributed by atoms with Gasteiger partial charge >= 0.3 is 0 Å². The third-order valence-corrected chi connectivity index (χ3v) is 7.43. The third kappa shape index (κ3) is 5.02. The smallest absolute Gasteiger partial charge is 0.228 e. The highest BCUT2D eigenvalue weighted by molar-refractivity contribution is 6.00. The number of aromatic nitrogens is 4. The Labute approximate surface area is 242 Å². The van der Waals surface area contributed by atoms with Crippen LogP contribution in [0.3, 0.4) is 0 Å². The van der Waals surface area contributed by atoms with Crippen LogP contribution >= 0.6 is 0 Å². The van der Waals surface area contributed by atoms with E-state index >= 15 is 0 Å². The van der Waals surface area contributed by atoms with Crippen LogP contribution in [0.25, 0.3) is 5.65 Å². The van der Waals surface area contributed by atoms with E-state index in [2.05, 4.69) is 29.1 Å². The number of carbonyl (C=O) groups is 1. The molecule has 216 valence electrons. The lowest BCUT2D eigenvalue weighted by atomic mass is 9.70. The number of ether oxygens (including phenoxy) is 4. The molecule has 0 fully saturated rings. The van der Waals surface area contributed by atoms with E-state index in [9.17, 15) is 4.79 Å². The van der Waals surface area contributed by atoms with Gasteiger partial charge in [-0.15, -0.1) is 5.10 Å². The van der Waals surface area contributed by atoms with Crippen LogP contribution in [0.5, 0.6) is 23.1 Å². The van der Waals surface area contributed by atoms with E-state index < -0.39 is 5.92 Å². The van der Waals surface area contributed by atoms with Gasteiger partial charge in [-0.05, 0) is 52.9 Å². The van der Waals surface area contributed by atoms with E-state index in [1.165, 1.54) is 0 Å². The second kappa shape index (κ2) is 10.8. The van der Waals surface area contributed by atoms with Gasteiger partial charge < -0.3 is 23.8 Å². The maximum absolute atomic E-state index is 13.7. The molecule has 2 aromatic heterocycles. The monoisotopic (exact) mass is 569 g/mol. The van der Waals surface area contributed by atoms with Crippen molar-refractivity contribution in [1.82, 2.24) is 19.6 Å². The number of ketones is 1. The van der Waals surface area contributed by atoms with E-state index in [0.717, 1.165) is 16.9 Å². The summed E-state index contributed by atoms with van der Waals surface area (Å²) >= 11 is 0. The fraction of sp³-hybridized carbons (Fsp3) is 0.323. The summed E-state index contributed by atoms with van der Waals surface area (Å²) in [5.74, 6) is 2.88. The Morgan fingerprint density at radius 3 is 2.57 bits per heavy atom. The largest absolute Gasteiger partial charge is 0.497 e. The maximum Gasteiger partial charge on any atom is 0.228 e. The van der Waals surface area contributed by atoms with Crippen LogP contribution < -0.4 is 18.9 Å². The Morgan fingerprint density at radius 2 is 1.83 bits per heavy atom. The zero-order valence-corrected chi connectivity index (χ0v) is 24.1. The number of hydrogen-bond donors (Lipinski definition) is 0. The summed E-state index contributed by atoms with van der Waals surface area (Å²) in [4.78, 5) is 28.5. The Balaban J connectivity index is 1.38. The summed E-state index contributed by atoms with van der Waals surface area (Å²) in [5, 5.41) is 8.60. The first kappa shape index (κ1) is 27.3. The number of fused-ring (bicyclic) bond motifs is 3. The highest BCUT2D eigenvalue weighted by atomic mass is 16.6. The van der Waals surface area contributed by atoms with Gasteiger partial charge in [0.15, 0.2) is 35.4 Å². The minimum Gasteiger partial charge on any atom is -0.497 e. The van der Waals surface area contributed by atoms with E-state index in [4.69, 9.17) is 28.8 Å². The Bertz CT molecular complexity index is 1720. The quantitative estimate of drug-likeness (QED) is 0.216. The first-order valence-electron chi connectivity index (χ1n) is 13.5. The van der Waals surface area contributed by atoms with Crippen LogP contribution in [0.4, 0.5) is 0 Å². The molecule has 11 heteroatoms. The van der Waals surface area contributed by atoms with Gasteiger partial charge in [0.1, 0.15) is 17.8 Å². The summed E-state index contributed by atoms with van der Waals surface area (Å²) in [6, 6.07) is 13.1. The molecule has 6 rings (SSSR count). The van der Waals surface area contributed by atoms with Crippen LogP contribution in [-0.4, -0.2) is 52.9 Å². The minimum absolute atomic E-state index is 0.0321. The zero-order chi connectivity index (χ0) is 29.4. The third-order valence-electron chi connectivity index (χ3n) is 7.43. The summed E-state index contributed by atoms with van der Waals surface area (Å²) in [6.45, 7) is 4.17. The fourth-order valence-corrected chi connectivity index (χ4v) is 5.50. The molecule has 0 unspecified atom stereocenters. The summed E-state index contributed by atoms with van der Waals surface area (Å²) in [6.07, 6.45) is 4.17. The Kier molecular flexibility index (Phi) is 7.01. The molecule has 2 aromatic carbocycles. The van der Waals surface area contributed by atoms with Crippen molar-refractivity contribution in [2.24, 2.45) is 10.6 Å². The number of Topliss-reactive ketones (excluding diaryl/α,β-unsaturated/α-hetero) is 1. The van der Waals surface area contributed by atoms with Gasteiger partial charge in [-0.25, -0.2) is 14.5 Å². The normalized spacial score (nSPS) is 17.5. The van der Waals surface area contributed by atoms with Crippen LogP contribution in [0.1, 0.15) is 55.1 Å². The van der Waals surface area contributed by atoms with Crippen molar-refractivity contribution in [3.63, 3.8) is 0 Å². The molecule has 1 aliphatic heterocycles. The van der Waals surface area contributed by atoms with Crippen LogP contribution in [0.2, 0.25) is 0 Å². The van der Waals surface area contributed by atoms with E-state index in [0.29, 0.717) is 58.6 Å². The average Bonchev–Trinajstić information content (AvgIpc) is 3.41. The first-order valence-corrected chi connectivity index (χ1v) is 13.5. The van der Waals surface area contributed by atoms with Crippen molar-refractivity contribution in [1.29, 1.82) is 0 Å². The van der Waals surface area contributed by atoms with Gasteiger partial charge in [0.2, 0.25) is 5.88 Å². The summed E-state index contributed by atoms with van der Waals surface area (Å²) < 4.78 is 24.1. The molecule has 0 radical (unpaired) electrons. The van der Waals surface area contributed by atoms with Crippen molar-refractivity contribution in [2.75, 3.05) is 21.3 Å². The standard InChI is InChI=1S/C31H31N5O6/c1-31(2)13-21(37)27-24(14-31)42-30-28(26(27)19-8-11-22(39-4)23(12-19)40-5)29-34-25(35-36(29)17-32-30)16-41-33-15-18-6-9-20(38-3)10-7-18/h6-12,15,17,26H,13-14,16H2,1-5H3/b33-15-/t26-/m0/s1. The number of oxime groups is 1. The molecular weight excluding hydrogens is 538 g/mol. The second-order valence-corrected chi connectivity index (χ2v) is 11.0. The molecule has 0 N–H and O–H groups in total. The second-order valence-electron chi connectivity index (χ2n) is 11.0. The molecule has 0 bridgehead atoms. The van der Waals surface area contributed by atoms with E-state index in [1.807, 2.05) is 42.5 Å². The van der Waals surface area contributed by atoms with Crippen LogP contribution in [0.15, 0.2) is 65.3 Å². The zero-order valence-electron chi connectivity index (χ0n) is 24.1. The van der Waals surface area contributed by atoms with Crippen molar-refractivity contribution in [3.8, 4) is 23.1 Å². The predicted molar refractivity (Wildman–Crippen MR) is 153 cm³/mol. The lowest BCUT2D eigenvalue weighted by molar-refractivity contribution is -0.118. The molecule has 2 aliphatic rings. The van der Waals surface area contributed by atoms with Gasteiger partial charge in [-0.1, -0.05) is 25.1 Å². The van der Waals surface area contributed by atoms with Crippen molar-refractivity contribution >= 4 is 17.6 Å². The minimum atomic E-state index is -0.491. The lowest BCUT2D eigenvalue weighted by Gasteiger charge is -2.37. The van der Waals surface area contributed by atoms with Crippen molar-refractivity contribution in [2.45, 2.75) is 39.2 Å². The highest BCUT2D eigenvalue weighted by Gasteiger charge is 2.44. The van der Waals surface area contributed by atoms with E-state index in [1.54, 1.807) is 38.4 Å². The predicted octanol–water partition coefficient (Wildman–Crippen LogP) is 4.87. The van der Waals surface area contributed by atoms with Gasteiger partial charge in [0.05, 0.1) is 39.0 Å².